The van der Waals surface area contributed by atoms with Gasteiger partial charge in [-0.3, -0.25) is 0 Å². The molecule has 0 amide bonds. The molecule has 2 nitrogen and oxygen atoms in total. The van der Waals surface area contributed by atoms with Gasteiger partial charge in [-0.25, -0.2) is 0 Å². The molecule has 0 unspecified atom stereocenters. The van der Waals surface area contributed by atoms with Crippen LogP contribution in [0.2, 0.25) is 0 Å². The molecule has 0 fully saturated rings. The van der Waals surface area contributed by atoms with E-state index in [1.54, 1.807) is 0 Å². The number of benzene rings is 1. The van der Waals surface area contributed by atoms with Gasteiger partial charge < -0.3 is 16.4 Å². The van der Waals surface area contributed by atoms with E-state index in [-0.39, 0.29) is 35.9 Å². The van der Waals surface area contributed by atoms with Gasteiger partial charge in [-0.2, -0.15) is 10.9 Å². The minimum absolute atomic E-state index is 0. The fourth-order valence-corrected chi connectivity index (χ4v) is 1.46. The molecule has 76 valence electrons. The van der Waals surface area contributed by atoms with Crippen molar-refractivity contribution in [3.63, 3.8) is 0 Å². The quantitative estimate of drug-likeness (QED) is 0.446. The minimum atomic E-state index is 0. The molecule has 0 saturated carbocycles. The van der Waals surface area contributed by atoms with Crippen LogP contribution in [0.3, 0.4) is 0 Å². The molecule has 1 heterocycles. The molecule has 4 heteroatoms. The molecule has 0 aliphatic heterocycles. The van der Waals surface area contributed by atoms with Crippen molar-refractivity contribution in [2.45, 2.75) is 6.92 Å². The van der Waals surface area contributed by atoms with Gasteiger partial charge in [0.1, 0.15) is 0 Å². The van der Waals surface area contributed by atoms with E-state index in [2.05, 4.69) is 37.4 Å². The van der Waals surface area contributed by atoms with Crippen molar-refractivity contribution in [2.75, 3.05) is 0 Å². The summed E-state index contributed by atoms with van der Waals surface area (Å²) in [6.45, 7) is 6.84. The van der Waals surface area contributed by atoms with E-state index >= 15 is 0 Å². The molecule has 0 aliphatic rings. The van der Waals surface area contributed by atoms with E-state index in [0.717, 1.165) is 0 Å². The predicted molar refractivity (Wildman–Crippen MR) is 51.5 cm³/mol. The second-order valence-corrected chi connectivity index (χ2v) is 2.81. The molecule has 0 N–H and O–H groups in total. The van der Waals surface area contributed by atoms with Crippen LogP contribution in [0.15, 0.2) is 24.3 Å². The Hall–Kier alpha value is -0.633. The average Bonchev–Trinajstić information content (AvgIpc) is 2.47. The molecular weight excluding hydrogens is 231 g/mol. The van der Waals surface area contributed by atoms with Crippen molar-refractivity contribution in [3.8, 4) is 0 Å². The van der Waals surface area contributed by atoms with Crippen LogP contribution in [0.1, 0.15) is 5.56 Å². The first-order chi connectivity index (χ1) is 6.29. The third kappa shape index (κ3) is 3.45. The molecule has 1 aromatic heterocycles. The molecule has 0 atom stereocenters. The fraction of sp³-hybridized carbons (Fsp3) is 0.182. The van der Waals surface area contributed by atoms with Gasteiger partial charge in [-0.15, -0.1) is 23.8 Å². The first-order valence-electron chi connectivity index (χ1n) is 3.95. The number of rotatable bonds is 0. The number of hydrogen-bond donors (Lipinski definition) is 0. The van der Waals surface area contributed by atoms with E-state index in [0.29, 0.717) is 0 Å². The van der Waals surface area contributed by atoms with Crippen molar-refractivity contribution in [1.29, 1.82) is 5.26 Å². The maximum Gasteiger partial charge on any atom is 1.00 e. The van der Waals surface area contributed by atoms with Gasteiger partial charge in [0, 0.05) is 0 Å². The number of aryl methyl sites for hydroxylation is 2. The largest absolute Gasteiger partial charge is 1.00 e. The monoisotopic (exact) mass is 240 g/mol. The molecule has 0 radical (unpaired) electrons. The Morgan fingerprint density at radius 2 is 1.80 bits per heavy atom. The second kappa shape index (κ2) is 7.63. The molecule has 2 aromatic rings. The van der Waals surface area contributed by atoms with Gasteiger partial charge in [0.25, 0.3) is 0 Å². The summed E-state index contributed by atoms with van der Waals surface area (Å²) in [5.74, 6) is 0. The van der Waals surface area contributed by atoms with E-state index < -0.39 is 0 Å². The SMILES string of the molecule is Cc1[c-]n(C)c2ccccc12.[C-]#N.[Cu+].[Li+]. The zero-order valence-corrected chi connectivity index (χ0v) is 9.95. The van der Waals surface area contributed by atoms with Crippen LogP contribution in [0.25, 0.3) is 10.9 Å². The molecule has 15 heavy (non-hydrogen) atoms. The summed E-state index contributed by atoms with van der Waals surface area (Å²) in [4.78, 5) is 0. The van der Waals surface area contributed by atoms with Crippen molar-refractivity contribution in [1.82, 2.24) is 4.57 Å². The Kier molecular flexibility index (Phi) is 8.54. The Morgan fingerprint density at radius 3 is 2.33 bits per heavy atom. The zero-order chi connectivity index (χ0) is 9.84. The Labute approximate surface area is 113 Å². The van der Waals surface area contributed by atoms with Crippen LogP contribution in [0.4, 0.5) is 0 Å². The average molecular weight is 241 g/mol. The standard InChI is InChI=1S/C10H10N.CN.Cu.Li/c1-8-7-11(2)10-6-4-3-5-9(8)10;1-2;;/h3-6H,1-2H3;;;/q2*-1;2*+1. The number of fused-ring (bicyclic) bond motifs is 1. The third-order valence-electron chi connectivity index (χ3n) is 2.00. The third-order valence-corrected chi connectivity index (χ3v) is 2.00. The van der Waals surface area contributed by atoms with Crippen LogP contribution in [0, 0.1) is 25.0 Å². The van der Waals surface area contributed by atoms with E-state index in [1.165, 1.54) is 16.5 Å². The zero-order valence-electron chi connectivity index (χ0n) is 9.01. The van der Waals surface area contributed by atoms with E-state index in [1.807, 2.05) is 11.6 Å². The smallest absolute Gasteiger partial charge is 0.512 e. The summed E-state index contributed by atoms with van der Waals surface area (Å²) in [5.41, 5.74) is 2.48. The summed E-state index contributed by atoms with van der Waals surface area (Å²) in [6.07, 6.45) is 3.23. The van der Waals surface area contributed by atoms with Crippen LogP contribution in [-0.2, 0) is 24.1 Å². The summed E-state index contributed by atoms with van der Waals surface area (Å²) in [5, 5.41) is 7.55. The predicted octanol–water partition coefficient (Wildman–Crippen LogP) is -0.615. The van der Waals surface area contributed by atoms with E-state index in [4.69, 9.17) is 11.8 Å². The van der Waals surface area contributed by atoms with Crippen molar-refractivity contribution in [2.24, 2.45) is 7.05 Å². The van der Waals surface area contributed by atoms with Crippen LogP contribution < -0.4 is 18.9 Å². The normalized spacial score (nSPS) is 8.00. The molecule has 2 rings (SSSR count). The topological polar surface area (TPSA) is 28.7 Å². The van der Waals surface area contributed by atoms with Gasteiger partial charge in [0.15, 0.2) is 0 Å². The molecule has 0 bridgehead atoms. The summed E-state index contributed by atoms with van der Waals surface area (Å²) in [6, 6.07) is 8.35. The summed E-state index contributed by atoms with van der Waals surface area (Å²) in [7, 11) is 2.02. The molecule has 0 saturated heterocycles. The Balaban J connectivity index is 0. The Bertz CT molecular complexity index is 398. The Morgan fingerprint density at radius 1 is 1.27 bits per heavy atom. The van der Waals surface area contributed by atoms with Crippen molar-refractivity contribution < 1.29 is 35.9 Å². The molecule has 0 aliphatic carbocycles. The van der Waals surface area contributed by atoms with Gasteiger partial charge in [0.05, 0.1) is 0 Å². The first-order valence-corrected chi connectivity index (χ1v) is 3.95. The molecule has 0 spiro atoms. The number of para-hydroxylation sites is 1. The van der Waals surface area contributed by atoms with Crippen molar-refractivity contribution >= 4 is 10.9 Å². The summed E-state index contributed by atoms with van der Waals surface area (Å²) < 4.78 is 2.03. The molecule has 1 aromatic carbocycles. The number of hydrogen-bond acceptors (Lipinski definition) is 1. The van der Waals surface area contributed by atoms with Gasteiger partial charge >= 0.3 is 35.9 Å². The van der Waals surface area contributed by atoms with Crippen molar-refractivity contribution in [3.05, 3.63) is 42.6 Å². The van der Waals surface area contributed by atoms with Gasteiger partial charge in [0.2, 0.25) is 0 Å². The molecular formula is C11H10CuLiN2. The second-order valence-electron chi connectivity index (χ2n) is 2.81. The van der Waals surface area contributed by atoms with Crippen LogP contribution >= 0.6 is 0 Å². The maximum absolute atomic E-state index is 6.25. The maximum atomic E-state index is 6.25. The van der Waals surface area contributed by atoms with Crippen LogP contribution in [0.5, 0.6) is 0 Å². The van der Waals surface area contributed by atoms with E-state index in [9.17, 15) is 0 Å². The number of aromatic nitrogens is 1. The van der Waals surface area contributed by atoms with Crippen LogP contribution in [-0.4, -0.2) is 4.57 Å². The fourth-order valence-electron chi connectivity index (χ4n) is 1.46. The van der Waals surface area contributed by atoms with Gasteiger partial charge in [-0.1, -0.05) is 19.1 Å². The van der Waals surface area contributed by atoms with Gasteiger partial charge in [-0.05, 0) is 7.05 Å². The minimum Gasteiger partial charge on any atom is -0.512 e. The summed E-state index contributed by atoms with van der Waals surface area (Å²) >= 11 is 0. The first kappa shape index (κ1) is 16.8. The number of nitrogens with zero attached hydrogens (tertiary/aromatic N) is 2.